The molecule has 20 heavy (non-hydrogen) atoms. The van der Waals surface area contributed by atoms with Gasteiger partial charge in [-0.2, -0.15) is 0 Å². The Morgan fingerprint density at radius 1 is 1.30 bits per heavy atom. The molecule has 4 heteroatoms. The number of ether oxygens (including phenoxy) is 2. The van der Waals surface area contributed by atoms with Crippen LogP contribution >= 0.6 is 0 Å². The Bertz CT molecular complexity index is 454. The van der Waals surface area contributed by atoms with E-state index in [2.05, 4.69) is 0 Å². The minimum absolute atomic E-state index is 0.434. The van der Waals surface area contributed by atoms with E-state index in [-0.39, 0.29) is 0 Å². The summed E-state index contributed by atoms with van der Waals surface area (Å²) in [6, 6.07) is 7.42. The summed E-state index contributed by atoms with van der Waals surface area (Å²) in [4.78, 5) is 11.5. The highest BCUT2D eigenvalue weighted by atomic mass is 16.6. The molecule has 1 rings (SSSR count). The number of benzene rings is 1. The van der Waals surface area contributed by atoms with Gasteiger partial charge in [0.05, 0.1) is 13.2 Å². The van der Waals surface area contributed by atoms with E-state index >= 15 is 0 Å². The van der Waals surface area contributed by atoms with E-state index in [1.165, 1.54) is 12.2 Å². The third-order valence-corrected chi connectivity index (χ3v) is 2.47. The van der Waals surface area contributed by atoms with Crippen molar-refractivity contribution in [1.29, 1.82) is 0 Å². The van der Waals surface area contributed by atoms with Gasteiger partial charge in [0, 0.05) is 12.5 Å². The number of aliphatic hydroxyl groups excluding tert-OH is 1. The fraction of sp³-hybridized carbons (Fsp3) is 0.438. The van der Waals surface area contributed by atoms with Gasteiger partial charge in [0.25, 0.3) is 0 Å². The largest absolute Gasteiger partial charge is 0.497 e. The predicted octanol–water partition coefficient (Wildman–Crippen LogP) is 2.50. The van der Waals surface area contributed by atoms with Crippen molar-refractivity contribution in [2.75, 3.05) is 7.11 Å². The maximum atomic E-state index is 11.5. The van der Waals surface area contributed by atoms with Crippen molar-refractivity contribution in [1.82, 2.24) is 0 Å². The minimum atomic E-state index is -0.726. The lowest BCUT2D eigenvalue weighted by Gasteiger charge is -2.18. The number of hydrogen-bond acceptors (Lipinski definition) is 4. The van der Waals surface area contributed by atoms with Gasteiger partial charge in [-0.3, -0.25) is 0 Å². The zero-order valence-electron chi connectivity index (χ0n) is 12.4. The van der Waals surface area contributed by atoms with Gasteiger partial charge >= 0.3 is 5.97 Å². The number of carbonyl (C=O) groups excluding carboxylic acids is 1. The zero-order valence-corrected chi connectivity index (χ0v) is 12.4. The van der Waals surface area contributed by atoms with Crippen LogP contribution in [-0.2, 0) is 16.0 Å². The molecule has 4 nitrogen and oxygen atoms in total. The van der Waals surface area contributed by atoms with Gasteiger partial charge in [0.1, 0.15) is 11.4 Å². The van der Waals surface area contributed by atoms with E-state index in [9.17, 15) is 9.90 Å². The molecule has 1 N–H and O–H groups in total. The van der Waals surface area contributed by atoms with Crippen LogP contribution in [0.15, 0.2) is 36.4 Å². The number of carbonyl (C=O) groups is 1. The molecule has 0 amide bonds. The lowest BCUT2D eigenvalue weighted by atomic mass is 10.1. The molecule has 1 aromatic rings. The van der Waals surface area contributed by atoms with E-state index in [1.54, 1.807) is 27.9 Å². The Labute approximate surface area is 120 Å². The monoisotopic (exact) mass is 278 g/mol. The van der Waals surface area contributed by atoms with Crippen molar-refractivity contribution in [3.05, 3.63) is 42.0 Å². The molecule has 0 aliphatic carbocycles. The molecule has 0 aliphatic rings. The highest BCUT2D eigenvalue weighted by Crippen LogP contribution is 2.13. The summed E-state index contributed by atoms with van der Waals surface area (Å²) in [5, 5.41) is 9.85. The highest BCUT2D eigenvalue weighted by Gasteiger charge is 2.14. The smallest absolute Gasteiger partial charge is 0.331 e. The summed E-state index contributed by atoms with van der Waals surface area (Å²) in [6.07, 6.45) is 2.41. The van der Waals surface area contributed by atoms with Gasteiger partial charge in [-0.1, -0.05) is 12.1 Å². The van der Waals surface area contributed by atoms with Crippen LogP contribution < -0.4 is 4.74 Å². The van der Waals surface area contributed by atoms with Crippen LogP contribution in [0.25, 0.3) is 0 Å². The van der Waals surface area contributed by atoms with Crippen molar-refractivity contribution in [3.8, 4) is 5.75 Å². The molecule has 0 fully saturated rings. The van der Waals surface area contributed by atoms with Crippen LogP contribution in [0.3, 0.4) is 0 Å². The quantitative estimate of drug-likeness (QED) is 0.664. The molecule has 0 aromatic heterocycles. The van der Waals surface area contributed by atoms with E-state index in [1.807, 2.05) is 24.3 Å². The normalized spacial score (nSPS) is 13.2. The standard InChI is InChI=1S/C16H22O4/c1-16(2,3)20-15(18)10-7-13(17)11-12-5-8-14(19-4)9-6-12/h5-10,13,17H,11H2,1-4H3/b10-7+. The van der Waals surface area contributed by atoms with Gasteiger partial charge in [0.2, 0.25) is 0 Å². The van der Waals surface area contributed by atoms with Crippen LogP contribution in [0, 0.1) is 0 Å². The molecule has 1 unspecified atom stereocenters. The minimum Gasteiger partial charge on any atom is -0.497 e. The molecule has 0 aliphatic heterocycles. The molecule has 0 heterocycles. The maximum Gasteiger partial charge on any atom is 0.331 e. The van der Waals surface area contributed by atoms with Gasteiger partial charge in [-0.15, -0.1) is 0 Å². The first kappa shape index (κ1) is 16.2. The molecule has 0 saturated carbocycles. The van der Waals surface area contributed by atoms with Gasteiger partial charge in [0.15, 0.2) is 0 Å². The first-order valence-electron chi connectivity index (χ1n) is 6.52. The summed E-state index contributed by atoms with van der Waals surface area (Å²) in [5.41, 5.74) is 0.440. The lowest BCUT2D eigenvalue weighted by molar-refractivity contribution is -0.148. The number of hydrogen-bond donors (Lipinski definition) is 1. The van der Waals surface area contributed by atoms with Crippen molar-refractivity contribution in [2.45, 2.75) is 38.9 Å². The molecule has 1 aromatic carbocycles. The molecule has 1 atom stereocenters. The Hall–Kier alpha value is -1.81. The van der Waals surface area contributed by atoms with E-state index < -0.39 is 17.7 Å². The van der Waals surface area contributed by atoms with Crippen LogP contribution in [0.2, 0.25) is 0 Å². The average molecular weight is 278 g/mol. The summed E-state index contributed by atoms with van der Waals surface area (Å²) < 4.78 is 10.2. The number of methoxy groups -OCH3 is 1. The molecule has 110 valence electrons. The zero-order chi connectivity index (χ0) is 15.2. The molecule has 0 bridgehead atoms. The Morgan fingerprint density at radius 3 is 2.40 bits per heavy atom. The molecule has 0 spiro atoms. The van der Waals surface area contributed by atoms with Crippen molar-refractivity contribution >= 4 is 5.97 Å². The van der Waals surface area contributed by atoms with Gasteiger partial charge in [-0.05, 0) is 44.5 Å². The second-order valence-corrected chi connectivity index (χ2v) is 5.51. The van der Waals surface area contributed by atoms with Crippen molar-refractivity contribution in [2.24, 2.45) is 0 Å². The number of esters is 1. The molecule has 0 radical (unpaired) electrons. The first-order valence-corrected chi connectivity index (χ1v) is 6.52. The van der Waals surface area contributed by atoms with Crippen LogP contribution in [0.1, 0.15) is 26.3 Å². The SMILES string of the molecule is COc1ccc(CC(O)/C=C/C(=O)OC(C)(C)C)cc1. The Balaban J connectivity index is 2.50. The Kier molecular flexibility index (Phi) is 5.77. The van der Waals surface area contributed by atoms with Crippen LogP contribution in [0.4, 0.5) is 0 Å². The van der Waals surface area contributed by atoms with Crippen LogP contribution in [-0.4, -0.2) is 29.9 Å². The number of aliphatic hydroxyl groups is 1. The third-order valence-electron chi connectivity index (χ3n) is 2.47. The summed E-state index contributed by atoms with van der Waals surface area (Å²) in [6.45, 7) is 5.39. The predicted molar refractivity (Wildman–Crippen MR) is 77.7 cm³/mol. The average Bonchev–Trinajstić information content (AvgIpc) is 2.35. The van der Waals surface area contributed by atoms with Gasteiger partial charge < -0.3 is 14.6 Å². The van der Waals surface area contributed by atoms with Crippen molar-refractivity contribution in [3.63, 3.8) is 0 Å². The first-order chi connectivity index (χ1) is 9.30. The molecule has 0 saturated heterocycles. The summed E-state index contributed by atoms with van der Waals surface area (Å²) in [5.74, 6) is 0.318. The summed E-state index contributed by atoms with van der Waals surface area (Å²) in [7, 11) is 1.60. The maximum absolute atomic E-state index is 11.5. The number of rotatable bonds is 5. The third kappa shape index (κ3) is 6.38. The second kappa shape index (κ2) is 7.10. The molecular formula is C16H22O4. The van der Waals surface area contributed by atoms with E-state index in [0.717, 1.165) is 11.3 Å². The fourth-order valence-electron chi connectivity index (χ4n) is 1.60. The van der Waals surface area contributed by atoms with Crippen LogP contribution in [0.5, 0.6) is 5.75 Å². The second-order valence-electron chi connectivity index (χ2n) is 5.51. The van der Waals surface area contributed by atoms with Crippen molar-refractivity contribution < 1.29 is 19.4 Å². The highest BCUT2D eigenvalue weighted by molar-refractivity contribution is 5.82. The molecular weight excluding hydrogens is 256 g/mol. The summed E-state index contributed by atoms with van der Waals surface area (Å²) >= 11 is 0. The Morgan fingerprint density at radius 2 is 1.90 bits per heavy atom. The fourth-order valence-corrected chi connectivity index (χ4v) is 1.60. The van der Waals surface area contributed by atoms with E-state index in [4.69, 9.17) is 9.47 Å². The lowest BCUT2D eigenvalue weighted by Crippen LogP contribution is -2.22. The van der Waals surface area contributed by atoms with E-state index in [0.29, 0.717) is 6.42 Å². The topological polar surface area (TPSA) is 55.8 Å². The van der Waals surface area contributed by atoms with Gasteiger partial charge in [-0.25, -0.2) is 4.79 Å².